The zero-order valence-electron chi connectivity index (χ0n) is 11.1. The molecule has 0 aliphatic rings. The number of aromatic nitrogens is 1. The zero-order valence-corrected chi connectivity index (χ0v) is 12.7. The van der Waals surface area contributed by atoms with Crippen LogP contribution < -0.4 is 10.5 Å². The van der Waals surface area contributed by atoms with E-state index in [9.17, 15) is 0 Å². The Labute approximate surface area is 126 Å². The van der Waals surface area contributed by atoms with Crippen molar-refractivity contribution >= 4 is 32.5 Å². The second-order valence-corrected chi connectivity index (χ2v) is 5.55. The van der Waals surface area contributed by atoms with Crippen LogP contribution in [0.2, 0.25) is 0 Å². The highest BCUT2D eigenvalue weighted by Gasteiger charge is 2.09. The van der Waals surface area contributed by atoms with Crippen molar-refractivity contribution in [2.24, 2.45) is 0 Å². The van der Waals surface area contributed by atoms with Crippen molar-refractivity contribution in [1.82, 2.24) is 4.57 Å². The number of fused-ring (bicyclic) bond motifs is 1. The van der Waals surface area contributed by atoms with Gasteiger partial charge in [0.05, 0.1) is 13.7 Å². The molecule has 2 aromatic carbocycles. The van der Waals surface area contributed by atoms with Crippen molar-refractivity contribution in [3.05, 3.63) is 58.7 Å². The van der Waals surface area contributed by atoms with E-state index in [1.165, 1.54) is 10.9 Å². The largest absolute Gasteiger partial charge is 0.496 e. The third kappa shape index (κ3) is 2.27. The molecule has 0 saturated carbocycles. The van der Waals surface area contributed by atoms with Gasteiger partial charge in [0, 0.05) is 32.8 Å². The van der Waals surface area contributed by atoms with Gasteiger partial charge in [-0.1, -0.05) is 18.2 Å². The highest BCUT2D eigenvalue weighted by Crippen LogP contribution is 2.29. The summed E-state index contributed by atoms with van der Waals surface area (Å²) in [7, 11) is 1.68. The van der Waals surface area contributed by atoms with E-state index in [1.54, 1.807) is 7.11 Å². The van der Waals surface area contributed by atoms with Crippen molar-refractivity contribution in [3.8, 4) is 5.75 Å². The first-order chi connectivity index (χ1) is 9.69. The van der Waals surface area contributed by atoms with Crippen molar-refractivity contribution in [1.29, 1.82) is 0 Å². The first-order valence-corrected chi connectivity index (χ1v) is 7.14. The molecule has 0 amide bonds. The number of nitrogen functional groups attached to an aromatic ring is 1. The molecule has 20 heavy (non-hydrogen) atoms. The molecule has 102 valence electrons. The summed E-state index contributed by atoms with van der Waals surface area (Å²) in [5, 5.41) is 1.20. The summed E-state index contributed by atoms with van der Waals surface area (Å²) >= 11 is 3.60. The second-order valence-electron chi connectivity index (χ2n) is 4.69. The topological polar surface area (TPSA) is 40.2 Å². The van der Waals surface area contributed by atoms with Crippen molar-refractivity contribution in [3.63, 3.8) is 0 Å². The lowest BCUT2D eigenvalue weighted by Gasteiger charge is -2.11. The van der Waals surface area contributed by atoms with E-state index in [0.29, 0.717) is 0 Å². The van der Waals surface area contributed by atoms with Crippen LogP contribution in [0.4, 0.5) is 5.69 Å². The fraction of sp³-hybridized carbons (Fsp3) is 0.125. The smallest absolute Gasteiger partial charge is 0.124 e. The standard InChI is InChI=1S/C16H15BrN2O/c1-20-16-7-6-12(18)8-11(16)9-19-10-14(17)13-4-2-3-5-15(13)19/h2-8,10H,9,18H2,1H3. The molecule has 0 radical (unpaired) electrons. The van der Waals surface area contributed by atoms with Gasteiger partial charge in [0.15, 0.2) is 0 Å². The quantitative estimate of drug-likeness (QED) is 0.736. The maximum absolute atomic E-state index is 5.88. The van der Waals surface area contributed by atoms with E-state index in [0.717, 1.165) is 28.0 Å². The number of halogens is 1. The number of hydrogen-bond donors (Lipinski definition) is 1. The van der Waals surface area contributed by atoms with Crippen molar-refractivity contribution in [2.75, 3.05) is 12.8 Å². The number of nitrogens with two attached hydrogens (primary N) is 1. The summed E-state index contributed by atoms with van der Waals surface area (Å²) in [4.78, 5) is 0. The maximum Gasteiger partial charge on any atom is 0.124 e. The highest BCUT2D eigenvalue weighted by atomic mass is 79.9. The van der Waals surface area contributed by atoms with Crippen molar-refractivity contribution < 1.29 is 4.74 Å². The van der Waals surface area contributed by atoms with Gasteiger partial charge in [0.2, 0.25) is 0 Å². The van der Waals surface area contributed by atoms with E-state index in [2.05, 4.69) is 38.8 Å². The maximum atomic E-state index is 5.88. The lowest BCUT2D eigenvalue weighted by atomic mass is 10.1. The monoisotopic (exact) mass is 330 g/mol. The van der Waals surface area contributed by atoms with Gasteiger partial charge in [-0.25, -0.2) is 0 Å². The zero-order chi connectivity index (χ0) is 14.1. The molecule has 0 saturated heterocycles. The van der Waals surface area contributed by atoms with E-state index < -0.39 is 0 Å². The third-order valence-corrected chi connectivity index (χ3v) is 4.02. The van der Waals surface area contributed by atoms with E-state index in [-0.39, 0.29) is 0 Å². The molecule has 1 aromatic heterocycles. The number of methoxy groups -OCH3 is 1. The lowest BCUT2D eigenvalue weighted by Crippen LogP contribution is -2.01. The van der Waals surface area contributed by atoms with Crippen LogP contribution in [0.3, 0.4) is 0 Å². The van der Waals surface area contributed by atoms with E-state index >= 15 is 0 Å². The molecule has 3 nitrogen and oxygen atoms in total. The average molecular weight is 331 g/mol. The van der Waals surface area contributed by atoms with Crippen molar-refractivity contribution in [2.45, 2.75) is 6.54 Å². The summed E-state index contributed by atoms with van der Waals surface area (Å²) in [5.74, 6) is 0.855. The molecule has 0 atom stereocenters. The highest BCUT2D eigenvalue weighted by molar-refractivity contribution is 9.10. The van der Waals surface area contributed by atoms with Gasteiger partial charge in [-0.05, 0) is 40.2 Å². The third-order valence-electron chi connectivity index (χ3n) is 3.39. The van der Waals surface area contributed by atoms with E-state index in [4.69, 9.17) is 10.5 Å². The molecule has 0 aliphatic heterocycles. The van der Waals surface area contributed by atoms with Crippen LogP contribution in [0.5, 0.6) is 5.75 Å². The Bertz CT molecular complexity index is 764. The van der Waals surface area contributed by atoms with Crippen LogP contribution in [0.25, 0.3) is 10.9 Å². The molecule has 0 fully saturated rings. The molecular formula is C16H15BrN2O. The number of ether oxygens (including phenoxy) is 1. The first kappa shape index (κ1) is 13.1. The van der Waals surface area contributed by atoms with E-state index in [1.807, 2.05) is 30.3 Å². The molecular weight excluding hydrogens is 316 g/mol. The molecule has 1 heterocycles. The van der Waals surface area contributed by atoms with Crippen LogP contribution in [0.15, 0.2) is 53.1 Å². The molecule has 0 spiro atoms. The Morgan fingerprint density at radius 3 is 2.80 bits per heavy atom. The number of para-hydroxylation sites is 1. The number of hydrogen-bond acceptors (Lipinski definition) is 2. The van der Waals surface area contributed by atoms with Gasteiger partial charge in [-0.3, -0.25) is 0 Å². The van der Waals surface area contributed by atoms with Crippen LogP contribution in [-0.4, -0.2) is 11.7 Å². The Hall–Kier alpha value is -1.94. The van der Waals surface area contributed by atoms with Gasteiger partial charge in [-0.2, -0.15) is 0 Å². The lowest BCUT2D eigenvalue weighted by molar-refractivity contribution is 0.408. The average Bonchev–Trinajstić information content (AvgIpc) is 2.76. The molecule has 0 bridgehead atoms. The Kier molecular flexibility index (Phi) is 3.40. The summed E-state index contributed by atoms with van der Waals surface area (Å²) in [6.45, 7) is 0.723. The minimum atomic E-state index is 0.723. The number of benzene rings is 2. The molecule has 0 unspecified atom stereocenters. The van der Waals surface area contributed by atoms with Gasteiger partial charge in [0.1, 0.15) is 5.75 Å². The van der Waals surface area contributed by atoms with Gasteiger partial charge < -0.3 is 15.0 Å². The molecule has 0 aliphatic carbocycles. The molecule has 3 aromatic rings. The number of rotatable bonds is 3. The summed E-state index contributed by atoms with van der Waals surface area (Å²) in [6, 6.07) is 14.0. The predicted molar refractivity (Wildman–Crippen MR) is 86.1 cm³/mol. The minimum Gasteiger partial charge on any atom is -0.496 e. The van der Waals surface area contributed by atoms with Crippen LogP contribution >= 0.6 is 15.9 Å². The fourth-order valence-electron chi connectivity index (χ4n) is 2.44. The normalized spacial score (nSPS) is 10.9. The summed E-state index contributed by atoms with van der Waals surface area (Å²) < 4.78 is 8.70. The fourth-order valence-corrected chi connectivity index (χ4v) is 3.02. The van der Waals surface area contributed by atoms with Gasteiger partial charge >= 0.3 is 0 Å². The first-order valence-electron chi connectivity index (χ1n) is 6.35. The predicted octanol–water partition coefficient (Wildman–Crippen LogP) is 4.04. The molecule has 3 rings (SSSR count). The Balaban J connectivity index is 2.08. The second kappa shape index (κ2) is 5.21. The minimum absolute atomic E-state index is 0.723. The Morgan fingerprint density at radius 2 is 2.00 bits per heavy atom. The number of anilines is 1. The SMILES string of the molecule is COc1ccc(N)cc1Cn1cc(Br)c2ccccc21. The molecule has 4 heteroatoms. The molecule has 2 N–H and O–H groups in total. The van der Waals surface area contributed by atoms with Gasteiger partial charge in [-0.15, -0.1) is 0 Å². The number of nitrogens with zero attached hydrogens (tertiary/aromatic N) is 1. The Morgan fingerprint density at radius 1 is 1.20 bits per heavy atom. The van der Waals surface area contributed by atoms with Gasteiger partial charge in [0.25, 0.3) is 0 Å². The van der Waals surface area contributed by atoms with Crippen LogP contribution in [-0.2, 0) is 6.54 Å². The van der Waals surface area contributed by atoms with Crippen LogP contribution in [0, 0.1) is 0 Å². The van der Waals surface area contributed by atoms with Crippen LogP contribution in [0.1, 0.15) is 5.56 Å². The summed E-state index contributed by atoms with van der Waals surface area (Å²) in [5.41, 5.74) is 8.88. The summed E-state index contributed by atoms with van der Waals surface area (Å²) in [6.07, 6.45) is 2.09.